The Bertz CT molecular complexity index is 513. The average Bonchev–Trinajstić information content (AvgIpc) is 2.38. The van der Waals surface area contributed by atoms with Crippen LogP contribution in [0.3, 0.4) is 0 Å². The minimum absolute atomic E-state index is 0.277. The Labute approximate surface area is 121 Å². The van der Waals surface area contributed by atoms with Crippen LogP contribution in [0.4, 0.5) is 0 Å². The Balaban J connectivity index is 2.23. The summed E-state index contributed by atoms with van der Waals surface area (Å²) in [5.41, 5.74) is 2.55. The third-order valence-electron chi connectivity index (χ3n) is 2.97. The molecule has 0 spiro atoms. The molecular weight excluding hydrogens is 310 g/mol. The van der Waals surface area contributed by atoms with Crippen molar-refractivity contribution < 1.29 is 0 Å². The van der Waals surface area contributed by atoms with Crippen molar-refractivity contribution in [1.29, 1.82) is 0 Å². The van der Waals surface area contributed by atoms with E-state index in [2.05, 4.69) is 51.6 Å². The van der Waals surface area contributed by atoms with E-state index in [1.54, 1.807) is 0 Å². The fourth-order valence-corrected chi connectivity index (χ4v) is 2.96. The highest BCUT2D eigenvalue weighted by atomic mass is 79.9. The van der Waals surface area contributed by atoms with Crippen LogP contribution in [0.1, 0.15) is 17.2 Å². The van der Waals surface area contributed by atoms with E-state index < -0.39 is 0 Å². The van der Waals surface area contributed by atoms with Gasteiger partial charge in [-0.2, -0.15) is 0 Å². The van der Waals surface area contributed by atoms with Crippen LogP contribution < -0.4 is 5.32 Å². The van der Waals surface area contributed by atoms with Gasteiger partial charge in [-0.25, -0.2) is 0 Å². The summed E-state index contributed by atoms with van der Waals surface area (Å²) in [5.74, 6) is 0. The molecule has 2 aromatic carbocycles. The third-order valence-corrected chi connectivity index (χ3v) is 3.89. The monoisotopic (exact) mass is 323 g/mol. The molecule has 0 aromatic heterocycles. The van der Waals surface area contributed by atoms with Gasteiger partial charge in [-0.1, -0.05) is 63.9 Å². The molecule has 0 bridgehead atoms. The quantitative estimate of drug-likeness (QED) is 0.866. The first-order valence-electron chi connectivity index (χ1n) is 5.87. The molecule has 3 heteroatoms. The minimum Gasteiger partial charge on any atom is -0.313 e. The molecule has 0 aliphatic carbocycles. The van der Waals surface area contributed by atoms with E-state index in [-0.39, 0.29) is 6.04 Å². The molecular formula is C15H15BrClN. The molecule has 0 fully saturated rings. The van der Waals surface area contributed by atoms with Crippen LogP contribution in [0.25, 0.3) is 0 Å². The summed E-state index contributed by atoms with van der Waals surface area (Å²) < 4.78 is 1.05. The zero-order chi connectivity index (χ0) is 13.0. The van der Waals surface area contributed by atoms with Crippen LogP contribution >= 0.6 is 27.5 Å². The first-order chi connectivity index (χ1) is 8.70. The fourth-order valence-electron chi connectivity index (χ4n) is 2.00. The van der Waals surface area contributed by atoms with Crippen LogP contribution in [-0.2, 0) is 6.42 Å². The largest absolute Gasteiger partial charge is 0.313 e. The number of likely N-dealkylation sites (N-methyl/N-ethyl adjacent to an activating group) is 1. The van der Waals surface area contributed by atoms with Gasteiger partial charge >= 0.3 is 0 Å². The molecule has 2 rings (SSSR count). The standard InChI is InChI=1S/C15H15BrClN/c1-18-15(9-11-5-3-2-4-6-11)13-8-7-12(17)10-14(13)16/h2-8,10,15,18H,9H2,1H3. The van der Waals surface area contributed by atoms with E-state index in [4.69, 9.17) is 11.6 Å². The predicted molar refractivity (Wildman–Crippen MR) is 81.1 cm³/mol. The van der Waals surface area contributed by atoms with Crippen molar-refractivity contribution >= 4 is 27.5 Å². The Kier molecular flexibility index (Phi) is 4.81. The van der Waals surface area contributed by atoms with Gasteiger partial charge in [0.05, 0.1) is 0 Å². The SMILES string of the molecule is CNC(Cc1ccccc1)c1ccc(Cl)cc1Br. The van der Waals surface area contributed by atoms with Gasteiger partial charge in [0.25, 0.3) is 0 Å². The van der Waals surface area contributed by atoms with E-state index in [1.165, 1.54) is 11.1 Å². The van der Waals surface area contributed by atoms with Crippen LogP contribution in [0.5, 0.6) is 0 Å². The number of halogens is 2. The van der Waals surface area contributed by atoms with E-state index in [1.807, 2.05) is 25.2 Å². The smallest absolute Gasteiger partial charge is 0.0417 e. The molecule has 1 atom stereocenters. The van der Waals surface area contributed by atoms with Crippen LogP contribution in [0, 0.1) is 0 Å². The molecule has 0 heterocycles. The van der Waals surface area contributed by atoms with Gasteiger partial charge in [0.1, 0.15) is 0 Å². The van der Waals surface area contributed by atoms with Crippen molar-refractivity contribution in [3.63, 3.8) is 0 Å². The molecule has 0 amide bonds. The summed E-state index contributed by atoms with van der Waals surface area (Å²) in [6.07, 6.45) is 0.956. The number of hydrogen-bond donors (Lipinski definition) is 1. The second kappa shape index (κ2) is 6.37. The second-order valence-corrected chi connectivity index (χ2v) is 5.49. The molecule has 0 saturated heterocycles. The van der Waals surface area contributed by atoms with Crippen molar-refractivity contribution in [1.82, 2.24) is 5.32 Å². The molecule has 1 N–H and O–H groups in total. The first kappa shape index (κ1) is 13.6. The molecule has 2 aromatic rings. The summed E-state index contributed by atoms with van der Waals surface area (Å²) in [4.78, 5) is 0. The van der Waals surface area contributed by atoms with Gasteiger partial charge < -0.3 is 5.32 Å². The van der Waals surface area contributed by atoms with E-state index in [9.17, 15) is 0 Å². The van der Waals surface area contributed by atoms with Crippen molar-refractivity contribution in [2.24, 2.45) is 0 Å². The number of benzene rings is 2. The highest BCUT2D eigenvalue weighted by molar-refractivity contribution is 9.10. The highest BCUT2D eigenvalue weighted by Gasteiger charge is 2.13. The topological polar surface area (TPSA) is 12.0 Å². The summed E-state index contributed by atoms with van der Waals surface area (Å²) in [6.45, 7) is 0. The molecule has 0 aliphatic rings. The number of hydrogen-bond acceptors (Lipinski definition) is 1. The van der Waals surface area contributed by atoms with E-state index in [0.717, 1.165) is 15.9 Å². The lowest BCUT2D eigenvalue weighted by Crippen LogP contribution is -2.19. The lowest BCUT2D eigenvalue weighted by atomic mass is 9.99. The highest BCUT2D eigenvalue weighted by Crippen LogP contribution is 2.28. The number of rotatable bonds is 4. The van der Waals surface area contributed by atoms with Crippen molar-refractivity contribution in [3.05, 3.63) is 69.2 Å². The maximum absolute atomic E-state index is 5.97. The second-order valence-electron chi connectivity index (χ2n) is 4.20. The Morgan fingerprint density at radius 1 is 1.17 bits per heavy atom. The van der Waals surface area contributed by atoms with E-state index in [0.29, 0.717) is 0 Å². The van der Waals surface area contributed by atoms with Gasteiger partial charge in [0.15, 0.2) is 0 Å². The maximum Gasteiger partial charge on any atom is 0.0417 e. The first-order valence-corrected chi connectivity index (χ1v) is 7.04. The Morgan fingerprint density at radius 3 is 2.50 bits per heavy atom. The summed E-state index contributed by atoms with van der Waals surface area (Å²) >= 11 is 9.55. The summed E-state index contributed by atoms with van der Waals surface area (Å²) in [6, 6.07) is 16.7. The zero-order valence-corrected chi connectivity index (χ0v) is 12.5. The molecule has 0 aliphatic heterocycles. The fraction of sp³-hybridized carbons (Fsp3) is 0.200. The zero-order valence-electron chi connectivity index (χ0n) is 10.2. The molecule has 0 radical (unpaired) electrons. The molecule has 1 unspecified atom stereocenters. The van der Waals surface area contributed by atoms with Gasteiger partial charge in [0.2, 0.25) is 0 Å². The van der Waals surface area contributed by atoms with Gasteiger partial charge in [-0.15, -0.1) is 0 Å². The van der Waals surface area contributed by atoms with Crippen LogP contribution in [0.15, 0.2) is 53.0 Å². The Hall–Kier alpha value is -0.830. The van der Waals surface area contributed by atoms with Gasteiger partial charge in [0, 0.05) is 15.5 Å². The van der Waals surface area contributed by atoms with Gasteiger partial charge in [-0.05, 0) is 36.7 Å². The number of nitrogens with one attached hydrogen (secondary N) is 1. The molecule has 1 nitrogen and oxygen atoms in total. The van der Waals surface area contributed by atoms with Gasteiger partial charge in [-0.3, -0.25) is 0 Å². The van der Waals surface area contributed by atoms with Crippen molar-refractivity contribution in [2.45, 2.75) is 12.5 Å². The normalized spacial score (nSPS) is 12.4. The lowest BCUT2D eigenvalue weighted by molar-refractivity contribution is 0.590. The predicted octanol–water partition coefficient (Wildman–Crippen LogP) is 4.61. The van der Waals surface area contributed by atoms with Crippen LogP contribution in [-0.4, -0.2) is 7.05 Å². The minimum atomic E-state index is 0.277. The summed E-state index contributed by atoms with van der Waals surface area (Å²) in [7, 11) is 1.98. The van der Waals surface area contributed by atoms with Crippen molar-refractivity contribution in [3.8, 4) is 0 Å². The van der Waals surface area contributed by atoms with E-state index >= 15 is 0 Å². The summed E-state index contributed by atoms with van der Waals surface area (Å²) in [5, 5.41) is 4.10. The Morgan fingerprint density at radius 2 is 1.89 bits per heavy atom. The molecule has 0 saturated carbocycles. The third kappa shape index (κ3) is 3.35. The molecule has 18 heavy (non-hydrogen) atoms. The molecule has 94 valence electrons. The lowest BCUT2D eigenvalue weighted by Gasteiger charge is -2.18. The van der Waals surface area contributed by atoms with Crippen LogP contribution in [0.2, 0.25) is 5.02 Å². The average molecular weight is 325 g/mol. The van der Waals surface area contributed by atoms with Crippen molar-refractivity contribution in [2.75, 3.05) is 7.05 Å². The maximum atomic E-state index is 5.97.